The van der Waals surface area contributed by atoms with Gasteiger partial charge in [-0.2, -0.15) is 0 Å². The van der Waals surface area contributed by atoms with Gasteiger partial charge >= 0.3 is 0 Å². The first-order valence-electron chi connectivity index (χ1n) is 16.6. The summed E-state index contributed by atoms with van der Waals surface area (Å²) >= 11 is 0. The molecule has 0 spiro atoms. The van der Waals surface area contributed by atoms with E-state index in [1.165, 1.54) is 6.92 Å². The molecule has 256 valence electrons. The number of piperazine rings is 1. The van der Waals surface area contributed by atoms with E-state index in [4.69, 9.17) is 9.47 Å². The fraction of sp³-hybridized carbons (Fsp3) is 0.444. The Labute approximate surface area is 281 Å². The van der Waals surface area contributed by atoms with Crippen molar-refractivity contribution in [2.45, 2.75) is 64.1 Å². The number of unbranched alkanes of at least 4 members (excludes halogenated alkanes) is 2. The minimum Gasteiger partial charge on any atom is -0.392 e. The first-order chi connectivity index (χ1) is 23.3. The molecule has 12 heteroatoms. The molecule has 12 nitrogen and oxygen atoms in total. The Morgan fingerprint density at radius 3 is 2.38 bits per heavy atom. The number of aliphatic hydroxyl groups is 1. The first-order valence-corrected chi connectivity index (χ1v) is 16.6. The zero-order valence-corrected chi connectivity index (χ0v) is 27.4. The molecule has 48 heavy (non-hydrogen) atoms. The summed E-state index contributed by atoms with van der Waals surface area (Å²) in [7, 11) is 0. The monoisotopic (exact) mass is 659 g/mol. The Morgan fingerprint density at radius 1 is 0.938 bits per heavy atom. The number of rotatable bonds is 14. The van der Waals surface area contributed by atoms with Crippen LogP contribution < -0.4 is 15.5 Å². The highest BCUT2D eigenvalue weighted by atomic mass is 16.7. The van der Waals surface area contributed by atoms with E-state index in [-0.39, 0.29) is 41.2 Å². The molecule has 0 saturated carbocycles. The summed E-state index contributed by atoms with van der Waals surface area (Å²) in [5.41, 5.74) is 4.40. The third-order valence-electron chi connectivity index (χ3n) is 8.77. The summed E-state index contributed by atoms with van der Waals surface area (Å²) in [5, 5.41) is 26.3. The molecule has 2 aliphatic heterocycles. The zero-order chi connectivity index (χ0) is 33.9. The lowest BCUT2D eigenvalue weighted by Gasteiger charge is -2.41. The van der Waals surface area contributed by atoms with Crippen molar-refractivity contribution in [2.75, 3.05) is 49.5 Å². The van der Waals surface area contributed by atoms with Crippen LogP contribution in [0.2, 0.25) is 0 Å². The molecule has 0 unspecified atom stereocenters. The van der Waals surface area contributed by atoms with Gasteiger partial charge in [-0.3, -0.25) is 24.6 Å². The van der Waals surface area contributed by atoms with E-state index in [9.17, 15) is 24.8 Å². The van der Waals surface area contributed by atoms with Crippen LogP contribution in [0, 0.1) is 10.1 Å². The molecule has 2 saturated heterocycles. The highest BCUT2D eigenvalue weighted by Crippen LogP contribution is 2.39. The van der Waals surface area contributed by atoms with Gasteiger partial charge in [-0.25, -0.2) is 0 Å². The van der Waals surface area contributed by atoms with Crippen LogP contribution in [0.15, 0.2) is 72.8 Å². The van der Waals surface area contributed by atoms with Crippen LogP contribution >= 0.6 is 0 Å². The predicted molar refractivity (Wildman–Crippen MR) is 182 cm³/mol. The van der Waals surface area contributed by atoms with E-state index in [0.717, 1.165) is 74.4 Å². The average molecular weight is 660 g/mol. The Morgan fingerprint density at radius 2 is 1.69 bits per heavy atom. The maximum absolute atomic E-state index is 12.7. The second-order valence-corrected chi connectivity index (χ2v) is 12.4. The number of aliphatic hydroxyl groups excluding tert-OH is 1. The number of benzene rings is 3. The molecule has 0 aliphatic carbocycles. The lowest BCUT2D eigenvalue weighted by molar-refractivity contribution is -0.384. The van der Waals surface area contributed by atoms with Gasteiger partial charge in [0, 0.05) is 88.1 Å². The van der Waals surface area contributed by atoms with E-state index in [1.54, 1.807) is 24.3 Å². The molecule has 2 aliphatic rings. The normalized spacial score (nSPS) is 19.9. The van der Waals surface area contributed by atoms with Gasteiger partial charge in [0.25, 0.3) is 5.69 Å². The van der Waals surface area contributed by atoms with Crippen LogP contribution in [-0.2, 0) is 25.7 Å². The molecule has 5 rings (SSSR count). The van der Waals surface area contributed by atoms with E-state index in [2.05, 4.69) is 20.4 Å². The molecular formula is C36H45N5O7. The molecule has 0 radical (unpaired) electrons. The second kappa shape index (κ2) is 17.2. The molecule has 3 aromatic carbocycles. The second-order valence-electron chi connectivity index (χ2n) is 12.4. The number of hydrogen-bond acceptors (Lipinski definition) is 9. The van der Waals surface area contributed by atoms with Crippen molar-refractivity contribution in [3.63, 3.8) is 0 Å². The Hall–Kier alpha value is -4.36. The molecule has 3 atom stereocenters. The van der Waals surface area contributed by atoms with E-state index in [1.807, 2.05) is 48.5 Å². The predicted octanol–water partition coefficient (Wildman–Crippen LogP) is 5.09. The summed E-state index contributed by atoms with van der Waals surface area (Å²) in [5.74, 6) is -0.111. The SMILES string of the molecule is CC(=O)NCCCCCC(=O)Nc1cccc([C@H]2O[C@@H](CN3CCN(c4ccc([N+](=O)[O-])cc4)CC3)C[C@@H](c3ccc(CO)cc3)O2)c1. The number of amides is 2. The summed E-state index contributed by atoms with van der Waals surface area (Å²) in [4.78, 5) is 39.0. The minimum absolute atomic E-state index is 0.0262. The van der Waals surface area contributed by atoms with Gasteiger partial charge in [0.2, 0.25) is 11.8 Å². The standard InChI is InChI=1S/C36H45N5O7/c1-26(43)37-17-4-2-3-8-35(44)38-30-7-5-6-29(22-30)36-47-33(23-34(48-36)28-11-9-27(25-42)10-12-28)24-39-18-20-40(21-19-39)31-13-15-32(16-14-31)41(45)46/h5-7,9-16,22,33-34,36,42H,2-4,8,17-21,23-25H2,1H3,(H,37,43)(H,38,44)/t33-,34+,36+/m1/s1. The van der Waals surface area contributed by atoms with Crippen LogP contribution in [0.5, 0.6) is 0 Å². The molecule has 3 N–H and O–H groups in total. The van der Waals surface area contributed by atoms with Gasteiger partial charge in [0.1, 0.15) is 0 Å². The number of nitrogens with one attached hydrogen (secondary N) is 2. The lowest BCUT2D eigenvalue weighted by atomic mass is 9.99. The van der Waals surface area contributed by atoms with Crippen molar-refractivity contribution < 1.29 is 29.1 Å². The molecule has 0 aromatic heterocycles. The average Bonchev–Trinajstić information content (AvgIpc) is 3.10. The van der Waals surface area contributed by atoms with Gasteiger partial charge in [-0.15, -0.1) is 0 Å². The summed E-state index contributed by atoms with van der Waals surface area (Å²) in [6.07, 6.45) is 2.50. The van der Waals surface area contributed by atoms with Crippen LogP contribution in [0.3, 0.4) is 0 Å². The number of carbonyl (C=O) groups is 2. The molecule has 0 bridgehead atoms. The molecule has 2 amide bonds. The number of nitro benzene ring substituents is 1. The third-order valence-corrected chi connectivity index (χ3v) is 8.77. The van der Waals surface area contributed by atoms with Crippen LogP contribution in [0.25, 0.3) is 0 Å². The van der Waals surface area contributed by atoms with E-state index >= 15 is 0 Å². The number of hydrogen-bond donors (Lipinski definition) is 3. The number of anilines is 2. The smallest absolute Gasteiger partial charge is 0.269 e. The molecule has 3 aromatic rings. The zero-order valence-electron chi connectivity index (χ0n) is 27.4. The van der Waals surface area contributed by atoms with Gasteiger partial charge in [0.15, 0.2) is 6.29 Å². The summed E-state index contributed by atoms with van der Waals surface area (Å²) < 4.78 is 13.1. The highest BCUT2D eigenvalue weighted by molar-refractivity contribution is 5.90. The van der Waals surface area contributed by atoms with Crippen LogP contribution in [0.1, 0.15) is 68.1 Å². The van der Waals surface area contributed by atoms with Crippen molar-refractivity contribution in [1.82, 2.24) is 10.2 Å². The van der Waals surface area contributed by atoms with Crippen molar-refractivity contribution in [3.8, 4) is 0 Å². The largest absolute Gasteiger partial charge is 0.392 e. The Bertz CT molecular complexity index is 1510. The third kappa shape index (κ3) is 10.1. The lowest BCUT2D eigenvalue weighted by Crippen LogP contribution is -2.49. The maximum atomic E-state index is 12.7. The Kier molecular flexibility index (Phi) is 12.5. The highest BCUT2D eigenvalue weighted by Gasteiger charge is 2.34. The van der Waals surface area contributed by atoms with Crippen molar-refractivity contribution in [1.29, 1.82) is 0 Å². The Balaban J connectivity index is 1.20. The number of nitro groups is 1. The van der Waals surface area contributed by atoms with Crippen molar-refractivity contribution in [3.05, 3.63) is 99.6 Å². The minimum atomic E-state index is -0.640. The molecule has 2 fully saturated rings. The number of carbonyl (C=O) groups excluding carboxylic acids is 2. The van der Waals surface area contributed by atoms with Crippen molar-refractivity contribution in [2.24, 2.45) is 0 Å². The van der Waals surface area contributed by atoms with Crippen molar-refractivity contribution >= 4 is 28.9 Å². The van der Waals surface area contributed by atoms with Gasteiger partial charge < -0.3 is 30.1 Å². The summed E-state index contributed by atoms with van der Waals surface area (Å²) in [6.45, 7) is 6.06. The molecule has 2 heterocycles. The summed E-state index contributed by atoms with van der Waals surface area (Å²) in [6, 6.07) is 22.1. The van der Waals surface area contributed by atoms with Gasteiger partial charge in [-0.05, 0) is 48.2 Å². The number of ether oxygens (including phenoxy) is 2. The first kappa shape index (κ1) is 35.0. The fourth-order valence-electron chi connectivity index (χ4n) is 6.13. The van der Waals surface area contributed by atoms with Gasteiger partial charge in [0.05, 0.1) is 23.7 Å². The topological polar surface area (TPSA) is 147 Å². The maximum Gasteiger partial charge on any atom is 0.269 e. The molecular weight excluding hydrogens is 614 g/mol. The number of non-ortho nitro benzene ring substituents is 1. The quantitative estimate of drug-likeness (QED) is 0.122. The van der Waals surface area contributed by atoms with E-state index in [0.29, 0.717) is 25.1 Å². The van der Waals surface area contributed by atoms with Crippen LogP contribution in [0.4, 0.5) is 17.1 Å². The van der Waals surface area contributed by atoms with E-state index < -0.39 is 6.29 Å². The van der Waals surface area contributed by atoms with Gasteiger partial charge in [-0.1, -0.05) is 42.8 Å². The fourth-order valence-corrected chi connectivity index (χ4v) is 6.13. The van der Waals surface area contributed by atoms with Crippen LogP contribution in [-0.4, -0.2) is 72.1 Å². The number of nitrogens with zero attached hydrogens (tertiary/aromatic N) is 3.